The van der Waals surface area contributed by atoms with Crippen LogP contribution in [-0.2, 0) is 11.8 Å². The molecule has 0 fully saturated rings. The van der Waals surface area contributed by atoms with E-state index in [1.54, 1.807) is 23.7 Å². The zero-order chi connectivity index (χ0) is 13.1. The highest BCUT2D eigenvalue weighted by Gasteiger charge is 2.20. The van der Waals surface area contributed by atoms with Crippen LogP contribution in [0.3, 0.4) is 0 Å². The number of methoxy groups -OCH3 is 1. The van der Waals surface area contributed by atoms with Crippen LogP contribution in [0.4, 0.5) is 0 Å². The van der Waals surface area contributed by atoms with Gasteiger partial charge in [-0.05, 0) is 12.1 Å². The number of aryl methyl sites for hydroxylation is 1. The number of aromatic nitrogens is 4. The molecule has 0 aliphatic rings. The Kier molecular flexibility index (Phi) is 3.13. The fraction of sp³-hybridized carbons (Fsp3) is 0.182. The third-order valence-electron chi connectivity index (χ3n) is 2.37. The van der Waals surface area contributed by atoms with Gasteiger partial charge in [0, 0.05) is 6.20 Å². The molecule has 2 aromatic heterocycles. The first-order chi connectivity index (χ1) is 8.63. The first kappa shape index (κ1) is 11.9. The van der Waals surface area contributed by atoms with Crippen molar-refractivity contribution in [2.45, 2.75) is 0 Å². The molecular formula is C11H11N4O3+. The van der Waals surface area contributed by atoms with E-state index in [2.05, 4.69) is 19.9 Å². The summed E-state index contributed by atoms with van der Waals surface area (Å²) in [5.74, 6) is -0.224. The monoisotopic (exact) mass is 247 g/mol. The van der Waals surface area contributed by atoms with Crippen molar-refractivity contribution in [1.29, 1.82) is 0 Å². The van der Waals surface area contributed by atoms with Gasteiger partial charge in [0.25, 0.3) is 0 Å². The summed E-state index contributed by atoms with van der Waals surface area (Å²) in [6.07, 6.45) is 2.93. The number of H-pyrrole nitrogens is 1. The topological polar surface area (TPSA) is 88.8 Å². The van der Waals surface area contributed by atoms with E-state index in [1.807, 2.05) is 0 Å². The van der Waals surface area contributed by atoms with E-state index in [9.17, 15) is 9.59 Å². The Bertz CT molecular complexity index is 636. The van der Waals surface area contributed by atoms with Crippen molar-refractivity contribution in [2.24, 2.45) is 7.05 Å². The van der Waals surface area contributed by atoms with Gasteiger partial charge < -0.3 is 4.74 Å². The number of rotatable bonds is 2. The lowest BCUT2D eigenvalue weighted by Gasteiger charge is -2.01. The van der Waals surface area contributed by atoms with E-state index < -0.39 is 11.5 Å². The van der Waals surface area contributed by atoms with E-state index in [0.29, 0.717) is 11.5 Å². The minimum Gasteiger partial charge on any atom is -0.465 e. The Morgan fingerprint density at radius 1 is 1.50 bits per heavy atom. The molecule has 0 saturated carbocycles. The number of carbonyl (C=O) groups excluding carboxylic acids is 1. The zero-order valence-electron chi connectivity index (χ0n) is 9.88. The third kappa shape index (κ3) is 2.10. The number of esters is 1. The summed E-state index contributed by atoms with van der Waals surface area (Å²) in [6, 6.07) is 3.41. The largest absolute Gasteiger partial charge is 0.465 e. The molecule has 0 aliphatic carbocycles. The highest BCUT2D eigenvalue weighted by molar-refractivity contribution is 5.88. The quantitative estimate of drug-likeness (QED) is 0.567. The number of ether oxygens (including phenoxy) is 1. The summed E-state index contributed by atoms with van der Waals surface area (Å²) >= 11 is 0. The molecule has 7 nitrogen and oxygen atoms in total. The molecule has 0 radical (unpaired) electrons. The van der Waals surface area contributed by atoms with Crippen LogP contribution in [0.15, 0.2) is 29.3 Å². The highest BCUT2D eigenvalue weighted by atomic mass is 16.5. The van der Waals surface area contributed by atoms with Crippen LogP contribution in [0.1, 0.15) is 10.4 Å². The Morgan fingerprint density at radius 2 is 2.28 bits per heavy atom. The molecule has 0 atom stereocenters. The summed E-state index contributed by atoms with van der Waals surface area (Å²) in [5.41, 5.74) is -0.0817. The fourth-order valence-corrected chi connectivity index (χ4v) is 1.51. The molecule has 0 unspecified atom stereocenters. The number of carbonyl (C=O) groups is 1. The summed E-state index contributed by atoms with van der Waals surface area (Å²) in [7, 11) is 2.91. The Morgan fingerprint density at radius 3 is 2.89 bits per heavy atom. The second-order valence-electron chi connectivity index (χ2n) is 3.56. The van der Waals surface area contributed by atoms with Gasteiger partial charge in [0.2, 0.25) is 0 Å². The minimum atomic E-state index is -0.683. The van der Waals surface area contributed by atoms with Gasteiger partial charge in [-0.3, -0.25) is 0 Å². The Hall–Kier alpha value is -2.57. The second kappa shape index (κ2) is 4.74. The minimum absolute atomic E-state index is 0.0624. The zero-order valence-corrected chi connectivity index (χ0v) is 9.88. The van der Waals surface area contributed by atoms with Crippen molar-refractivity contribution in [3.8, 4) is 11.5 Å². The van der Waals surface area contributed by atoms with Crippen molar-refractivity contribution in [1.82, 2.24) is 15.2 Å². The molecule has 1 N–H and O–H groups in total. The predicted molar refractivity (Wildman–Crippen MR) is 60.6 cm³/mol. The molecule has 0 amide bonds. The van der Waals surface area contributed by atoms with Gasteiger partial charge in [0.15, 0.2) is 11.3 Å². The third-order valence-corrected chi connectivity index (χ3v) is 2.37. The number of hydrogen-bond acceptors (Lipinski definition) is 5. The van der Waals surface area contributed by atoms with Gasteiger partial charge in [-0.15, -0.1) is 5.10 Å². The Balaban J connectivity index is 2.57. The smallest absolute Gasteiger partial charge is 0.350 e. The van der Waals surface area contributed by atoms with Crippen molar-refractivity contribution in [2.75, 3.05) is 7.11 Å². The lowest BCUT2D eigenvalue weighted by Crippen LogP contribution is -2.38. The number of hydrogen-bond donors (Lipinski definition) is 1. The molecule has 7 heteroatoms. The van der Waals surface area contributed by atoms with Crippen molar-refractivity contribution in [3.05, 3.63) is 40.4 Å². The average molecular weight is 247 g/mol. The van der Waals surface area contributed by atoms with Crippen LogP contribution in [0, 0.1) is 0 Å². The first-order valence-electron chi connectivity index (χ1n) is 5.13. The van der Waals surface area contributed by atoms with E-state index in [0.717, 1.165) is 0 Å². The van der Waals surface area contributed by atoms with Crippen LogP contribution in [-0.4, -0.2) is 28.3 Å². The maximum absolute atomic E-state index is 11.7. The summed E-state index contributed by atoms with van der Waals surface area (Å²) in [5, 5.41) is 7.62. The lowest BCUT2D eigenvalue weighted by atomic mass is 10.3. The van der Waals surface area contributed by atoms with Gasteiger partial charge >= 0.3 is 17.4 Å². The number of nitrogens with zero attached hydrogens (tertiary/aromatic N) is 3. The molecule has 18 heavy (non-hydrogen) atoms. The van der Waals surface area contributed by atoms with Crippen molar-refractivity contribution in [3.63, 3.8) is 0 Å². The van der Waals surface area contributed by atoms with Crippen LogP contribution < -0.4 is 10.1 Å². The molecule has 0 spiro atoms. The molecule has 0 aliphatic heterocycles. The summed E-state index contributed by atoms with van der Waals surface area (Å²) in [6.45, 7) is 0. The molecule has 2 aromatic rings. The molecule has 2 rings (SSSR count). The van der Waals surface area contributed by atoms with Crippen LogP contribution in [0.5, 0.6) is 0 Å². The number of aromatic amines is 1. The van der Waals surface area contributed by atoms with E-state index in [4.69, 9.17) is 0 Å². The summed E-state index contributed by atoms with van der Waals surface area (Å²) in [4.78, 5) is 25.7. The predicted octanol–water partition coefficient (Wildman–Crippen LogP) is -0.557. The standard InChI is InChI=1S/C11H10N4O3/c1-15-6-7(11(17)18-2)10(16)13-9(15)8-4-3-5-12-14-8/h3-6H,1-2H3/p+1. The number of nitrogens with one attached hydrogen (secondary N) is 1. The van der Waals surface area contributed by atoms with Crippen LogP contribution >= 0.6 is 0 Å². The highest BCUT2D eigenvalue weighted by Crippen LogP contribution is 2.05. The van der Waals surface area contributed by atoms with Crippen LogP contribution in [0.2, 0.25) is 0 Å². The maximum Gasteiger partial charge on any atom is 0.350 e. The molecule has 2 heterocycles. The van der Waals surface area contributed by atoms with Gasteiger partial charge in [-0.1, -0.05) is 0 Å². The van der Waals surface area contributed by atoms with Gasteiger partial charge in [0.1, 0.15) is 6.20 Å². The molecule has 0 bridgehead atoms. The van der Waals surface area contributed by atoms with Gasteiger partial charge in [-0.2, -0.15) is 5.10 Å². The van der Waals surface area contributed by atoms with Crippen LogP contribution in [0.25, 0.3) is 11.5 Å². The Labute approximate surface area is 102 Å². The van der Waals surface area contributed by atoms with E-state index >= 15 is 0 Å². The van der Waals surface area contributed by atoms with Gasteiger partial charge in [0.05, 0.1) is 14.2 Å². The fourth-order valence-electron chi connectivity index (χ4n) is 1.51. The molecular weight excluding hydrogens is 236 g/mol. The van der Waals surface area contributed by atoms with E-state index in [1.165, 1.54) is 19.5 Å². The van der Waals surface area contributed by atoms with E-state index in [-0.39, 0.29) is 5.56 Å². The second-order valence-corrected chi connectivity index (χ2v) is 3.56. The molecule has 0 aromatic carbocycles. The average Bonchev–Trinajstić information content (AvgIpc) is 2.41. The first-order valence-corrected chi connectivity index (χ1v) is 5.13. The molecule has 0 saturated heterocycles. The summed E-state index contributed by atoms with van der Waals surface area (Å²) < 4.78 is 6.10. The molecule has 92 valence electrons. The maximum atomic E-state index is 11.7. The normalized spacial score (nSPS) is 10.1. The SMILES string of the molecule is COC(=O)c1c[n+](C)c(-c2cccnn2)[nH]c1=O. The van der Waals surface area contributed by atoms with Gasteiger partial charge in [-0.25, -0.2) is 19.1 Å². The van der Waals surface area contributed by atoms with Crippen molar-refractivity contribution >= 4 is 5.97 Å². The van der Waals surface area contributed by atoms with Crippen molar-refractivity contribution < 1.29 is 14.1 Å². The lowest BCUT2D eigenvalue weighted by molar-refractivity contribution is -0.663.